The molecule has 28 heavy (non-hydrogen) atoms. The Morgan fingerprint density at radius 2 is 1.96 bits per heavy atom. The van der Waals surface area contributed by atoms with E-state index in [4.69, 9.17) is 14.2 Å². The predicted molar refractivity (Wildman–Crippen MR) is 106 cm³/mol. The molecule has 0 radical (unpaired) electrons. The molecule has 0 fully saturated rings. The monoisotopic (exact) mass is 415 g/mol. The number of hydrogen-bond acceptors (Lipinski definition) is 8. The second-order valence-corrected chi connectivity index (χ2v) is 7.90. The minimum absolute atomic E-state index is 0.0380. The molecule has 4 rings (SSSR count). The average Bonchev–Trinajstić information content (AvgIpc) is 3.33. The van der Waals surface area contributed by atoms with Crippen molar-refractivity contribution in [3.63, 3.8) is 0 Å². The molecule has 0 bridgehead atoms. The minimum atomic E-state index is -0.481. The number of ether oxygens (including phenoxy) is 3. The Labute approximate surface area is 169 Å². The molecule has 0 atom stereocenters. The Balaban J connectivity index is 1.32. The van der Waals surface area contributed by atoms with Gasteiger partial charge in [-0.15, -0.1) is 22.7 Å². The van der Waals surface area contributed by atoms with Gasteiger partial charge in [-0.2, -0.15) is 0 Å². The molecule has 3 heterocycles. The van der Waals surface area contributed by atoms with Gasteiger partial charge in [0.25, 0.3) is 0 Å². The van der Waals surface area contributed by atoms with Crippen LogP contribution >= 0.6 is 22.7 Å². The average molecular weight is 415 g/mol. The molecule has 0 amide bonds. The third-order valence-corrected chi connectivity index (χ3v) is 5.97. The molecule has 0 saturated heterocycles. The summed E-state index contributed by atoms with van der Waals surface area (Å²) in [6.45, 7) is 0.809. The van der Waals surface area contributed by atoms with Crippen molar-refractivity contribution in [2.24, 2.45) is 0 Å². The SMILES string of the molecule is O=C(Cc1csc(-c2cccs2)n1)OCC(=O)c1ccc2c(c1)OCCCO2. The number of nitrogens with zero attached hydrogens (tertiary/aromatic N) is 1. The van der Waals surface area contributed by atoms with Crippen molar-refractivity contribution in [2.75, 3.05) is 19.8 Å². The van der Waals surface area contributed by atoms with Gasteiger partial charge in [-0.25, -0.2) is 4.98 Å². The fourth-order valence-electron chi connectivity index (χ4n) is 2.67. The number of rotatable bonds is 6. The van der Waals surface area contributed by atoms with Gasteiger partial charge in [0.2, 0.25) is 0 Å². The van der Waals surface area contributed by atoms with Crippen molar-refractivity contribution >= 4 is 34.4 Å². The Kier molecular flexibility index (Phi) is 5.68. The number of fused-ring (bicyclic) bond motifs is 1. The number of thiazole rings is 1. The quantitative estimate of drug-likeness (QED) is 0.447. The van der Waals surface area contributed by atoms with Crippen LogP contribution in [0, 0.1) is 0 Å². The smallest absolute Gasteiger partial charge is 0.312 e. The normalized spacial score (nSPS) is 13.0. The number of aromatic nitrogens is 1. The number of benzene rings is 1. The van der Waals surface area contributed by atoms with Gasteiger partial charge in [0, 0.05) is 17.4 Å². The van der Waals surface area contributed by atoms with Crippen LogP contribution in [0.5, 0.6) is 11.5 Å². The van der Waals surface area contributed by atoms with E-state index in [1.807, 2.05) is 22.9 Å². The molecule has 0 saturated carbocycles. The van der Waals surface area contributed by atoms with Gasteiger partial charge in [0.1, 0.15) is 5.01 Å². The maximum Gasteiger partial charge on any atom is 0.312 e. The number of esters is 1. The number of hydrogen-bond donors (Lipinski definition) is 0. The molecule has 3 aromatic rings. The molecule has 1 aliphatic rings. The molecule has 0 N–H and O–H groups in total. The van der Waals surface area contributed by atoms with E-state index in [1.54, 1.807) is 29.5 Å². The van der Waals surface area contributed by atoms with Crippen molar-refractivity contribution in [3.05, 3.63) is 52.3 Å². The molecular weight excluding hydrogens is 398 g/mol. The van der Waals surface area contributed by atoms with E-state index in [0.29, 0.717) is 36.0 Å². The van der Waals surface area contributed by atoms with Crippen molar-refractivity contribution in [2.45, 2.75) is 12.8 Å². The van der Waals surface area contributed by atoms with Crippen LogP contribution in [0.4, 0.5) is 0 Å². The number of carbonyl (C=O) groups is 2. The molecule has 8 heteroatoms. The topological polar surface area (TPSA) is 74.7 Å². The largest absolute Gasteiger partial charge is 0.490 e. The third kappa shape index (κ3) is 4.40. The molecule has 144 valence electrons. The lowest BCUT2D eigenvalue weighted by molar-refractivity contribution is -0.141. The molecule has 6 nitrogen and oxygen atoms in total. The van der Waals surface area contributed by atoms with Gasteiger partial charge in [0.15, 0.2) is 23.9 Å². The first-order valence-corrected chi connectivity index (χ1v) is 10.5. The summed E-state index contributed by atoms with van der Waals surface area (Å²) in [6, 6.07) is 8.93. The predicted octanol–water partition coefficient (Wildman–Crippen LogP) is 4.00. The number of ketones is 1. The van der Waals surface area contributed by atoms with Gasteiger partial charge >= 0.3 is 5.97 Å². The van der Waals surface area contributed by atoms with Crippen molar-refractivity contribution in [1.82, 2.24) is 4.98 Å². The zero-order valence-corrected chi connectivity index (χ0v) is 16.5. The lowest BCUT2D eigenvalue weighted by atomic mass is 10.1. The molecule has 1 aliphatic heterocycles. The summed E-state index contributed by atoms with van der Waals surface area (Å²) in [5.74, 6) is 0.390. The third-order valence-electron chi connectivity index (χ3n) is 4.04. The number of Topliss-reactive ketones (excluding diaryl/α,β-unsaturated/α-hetero) is 1. The van der Waals surface area contributed by atoms with Gasteiger partial charge in [-0.1, -0.05) is 6.07 Å². The maximum absolute atomic E-state index is 12.3. The molecule has 0 spiro atoms. The summed E-state index contributed by atoms with van der Waals surface area (Å²) in [5.41, 5.74) is 1.06. The van der Waals surface area contributed by atoms with Crippen molar-refractivity contribution < 1.29 is 23.8 Å². The number of thiophene rings is 1. The van der Waals surface area contributed by atoms with Crippen LogP contribution < -0.4 is 9.47 Å². The highest BCUT2D eigenvalue weighted by atomic mass is 32.1. The number of carbonyl (C=O) groups excluding carboxylic acids is 2. The zero-order chi connectivity index (χ0) is 19.3. The Hall–Kier alpha value is -2.71. The van der Waals surface area contributed by atoms with Gasteiger partial charge in [0.05, 0.1) is 30.2 Å². The Bertz CT molecular complexity index is 980. The van der Waals surface area contributed by atoms with Crippen LogP contribution in [0.15, 0.2) is 41.1 Å². The van der Waals surface area contributed by atoms with Gasteiger partial charge in [-0.05, 0) is 29.6 Å². The summed E-state index contributed by atoms with van der Waals surface area (Å²) in [4.78, 5) is 29.9. The van der Waals surface area contributed by atoms with Gasteiger partial charge in [-0.3, -0.25) is 9.59 Å². The minimum Gasteiger partial charge on any atom is -0.490 e. The van der Waals surface area contributed by atoms with Crippen LogP contribution in [0.2, 0.25) is 0 Å². The summed E-state index contributed by atoms with van der Waals surface area (Å²) >= 11 is 3.08. The van der Waals surface area contributed by atoms with E-state index in [9.17, 15) is 9.59 Å². The second kappa shape index (κ2) is 8.53. The maximum atomic E-state index is 12.3. The Morgan fingerprint density at radius 3 is 2.79 bits per heavy atom. The van der Waals surface area contributed by atoms with E-state index in [-0.39, 0.29) is 18.8 Å². The van der Waals surface area contributed by atoms with E-state index in [0.717, 1.165) is 16.3 Å². The lowest BCUT2D eigenvalue weighted by Crippen LogP contribution is -2.16. The summed E-state index contributed by atoms with van der Waals surface area (Å²) in [7, 11) is 0. The highest BCUT2D eigenvalue weighted by Crippen LogP contribution is 2.30. The first-order chi connectivity index (χ1) is 13.7. The zero-order valence-electron chi connectivity index (χ0n) is 14.9. The molecule has 1 aromatic carbocycles. The summed E-state index contributed by atoms with van der Waals surface area (Å²) in [5, 5.41) is 4.69. The van der Waals surface area contributed by atoms with Crippen LogP contribution in [-0.4, -0.2) is 36.6 Å². The van der Waals surface area contributed by atoms with Gasteiger partial charge < -0.3 is 14.2 Å². The fraction of sp³-hybridized carbons (Fsp3) is 0.250. The second-order valence-electron chi connectivity index (χ2n) is 6.09. The van der Waals surface area contributed by atoms with E-state index in [2.05, 4.69) is 4.98 Å². The van der Waals surface area contributed by atoms with E-state index in [1.165, 1.54) is 11.3 Å². The first kappa shape index (κ1) is 18.6. The highest BCUT2D eigenvalue weighted by Gasteiger charge is 2.16. The molecule has 2 aromatic heterocycles. The van der Waals surface area contributed by atoms with Crippen LogP contribution in [0.1, 0.15) is 22.5 Å². The van der Waals surface area contributed by atoms with Crippen molar-refractivity contribution in [3.8, 4) is 21.4 Å². The Morgan fingerprint density at radius 1 is 1.11 bits per heavy atom. The fourth-order valence-corrected chi connectivity index (χ4v) is 4.30. The summed E-state index contributed by atoms with van der Waals surface area (Å²) < 4.78 is 16.3. The van der Waals surface area contributed by atoms with E-state index >= 15 is 0 Å². The van der Waals surface area contributed by atoms with Crippen LogP contribution in [0.25, 0.3) is 9.88 Å². The highest BCUT2D eigenvalue weighted by molar-refractivity contribution is 7.20. The molecular formula is C20H17NO5S2. The molecule has 0 aliphatic carbocycles. The summed E-state index contributed by atoms with van der Waals surface area (Å²) in [6.07, 6.45) is 0.830. The standard InChI is InChI=1S/C20H17NO5S2/c22-15(13-4-5-16-17(9-13)25-7-2-6-24-16)11-26-19(23)10-14-12-28-20(21-14)18-3-1-8-27-18/h1,3-5,8-9,12H,2,6-7,10-11H2. The lowest BCUT2D eigenvalue weighted by Gasteiger charge is -2.09. The molecule has 0 unspecified atom stereocenters. The van der Waals surface area contributed by atoms with Crippen LogP contribution in [0.3, 0.4) is 0 Å². The van der Waals surface area contributed by atoms with Crippen molar-refractivity contribution in [1.29, 1.82) is 0 Å². The first-order valence-electron chi connectivity index (χ1n) is 8.76. The van der Waals surface area contributed by atoms with Crippen LogP contribution in [-0.2, 0) is 16.0 Å². The van der Waals surface area contributed by atoms with E-state index < -0.39 is 5.97 Å².